The summed E-state index contributed by atoms with van der Waals surface area (Å²) in [7, 11) is 1.71. The molecule has 1 aromatic rings. The summed E-state index contributed by atoms with van der Waals surface area (Å²) >= 11 is 0. The lowest BCUT2D eigenvalue weighted by Gasteiger charge is -2.20. The molecule has 0 aromatic heterocycles. The van der Waals surface area contributed by atoms with Crippen molar-refractivity contribution in [2.45, 2.75) is 60.3 Å². The molecule has 4 heteroatoms. The van der Waals surface area contributed by atoms with Gasteiger partial charge in [0.05, 0.1) is 12.5 Å². The third-order valence-corrected chi connectivity index (χ3v) is 5.56. The summed E-state index contributed by atoms with van der Waals surface area (Å²) in [6.45, 7) is 11.9. The van der Waals surface area contributed by atoms with Crippen molar-refractivity contribution in [3.8, 4) is 5.75 Å². The molecule has 0 fully saturated rings. The summed E-state index contributed by atoms with van der Waals surface area (Å²) in [6.07, 6.45) is 7.64. The number of carboxylic acid groups (broad SMARTS) is 1. The van der Waals surface area contributed by atoms with Crippen molar-refractivity contribution < 1.29 is 19.4 Å². The third-order valence-electron chi connectivity index (χ3n) is 5.56. The molecule has 0 heterocycles. The average molecular weight is 405 g/mol. The van der Waals surface area contributed by atoms with Gasteiger partial charge < -0.3 is 14.6 Å². The Morgan fingerprint density at radius 2 is 1.76 bits per heavy atom. The van der Waals surface area contributed by atoms with Gasteiger partial charge in [-0.3, -0.25) is 4.79 Å². The summed E-state index contributed by atoms with van der Waals surface area (Å²) in [5.74, 6) is 1.15. The monoisotopic (exact) mass is 404 g/mol. The number of hydrogen-bond donors (Lipinski definition) is 1. The highest BCUT2D eigenvalue weighted by molar-refractivity contribution is 5.70. The molecule has 0 amide bonds. The molecule has 0 bridgehead atoms. The number of aliphatic carboxylic acids is 1. The maximum absolute atomic E-state index is 11.3. The second-order valence-electron chi connectivity index (χ2n) is 8.63. The molecule has 29 heavy (non-hydrogen) atoms. The summed E-state index contributed by atoms with van der Waals surface area (Å²) in [6, 6.07) is 6.49. The van der Waals surface area contributed by atoms with Gasteiger partial charge in [0.1, 0.15) is 5.75 Å². The Labute approximate surface area is 177 Å². The Hall–Kier alpha value is -1.81. The van der Waals surface area contributed by atoms with Crippen LogP contribution in [0.25, 0.3) is 0 Å². The largest absolute Gasteiger partial charge is 0.493 e. The minimum Gasteiger partial charge on any atom is -0.493 e. The van der Waals surface area contributed by atoms with E-state index < -0.39 is 5.97 Å². The molecule has 4 nitrogen and oxygen atoms in total. The number of benzene rings is 1. The van der Waals surface area contributed by atoms with Gasteiger partial charge >= 0.3 is 5.97 Å². The molecule has 0 radical (unpaired) electrons. The minimum atomic E-state index is -0.706. The topological polar surface area (TPSA) is 55.8 Å². The van der Waals surface area contributed by atoms with Gasteiger partial charge in [-0.2, -0.15) is 0 Å². The zero-order valence-corrected chi connectivity index (χ0v) is 19.1. The number of hydrogen-bond acceptors (Lipinski definition) is 3. The first kappa shape index (κ1) is 25.2. The molecule has 0 saturated heterocycles. The highest BCUT2D eigenvalue weighted by Crippen LogP contribution is 2.26. The predicted octanol–water partition coefficient (Wildman–Crippen LogP) is 5.92. The Morgan fingerprint density at radius 3 is 2.34 bits per heavy atom. The van der Waals surface area contributed by atoms with Crippen molar-refractivity contribution in [1.82, 2.24) is 0 Å². The molecular weight excluding hydrogens is 364 g/mol. The zero-order valence-electron chi connectivity index (χ0n) is 19.1. The van der Waals surface area contributed by atoms with Crippen LogP contribution in [0.3, 0.4) is 0 Å². The van der Waals surface area contributed by atoms with Crippen LogP contribution in [0.5, 0.6) is 5.75 Å². The lowest BCUT2D eigenvalue weighted by atomic mass is 9.85. The quantitative estimate of drug-likeness (QED) is 0.309. The Bertz CT molecular complexity index is 634. The van der Waals surface area contributed by atoms with Gasteiger partial charge in [0.2, 0.25) is 0 Å². The maximum Gasteiger partial charge on any atom is 0.307 e. The SMILES string of the molecule is COCCCOc1cc(CC(C/C=C/CC(C(=O)O)C(C)C)C(C)C)ccc1C. The normalized spacial score (nSPS) is 13.9. The van der Waals surface area contributed by atoms with Crippen LogP contribution in [0.2, 0.25) is 0 Å². The van der Waals surface area contributed by atoms with Crippen LogP contribution in [0.1, 0.15) is 58.1 Å². The molecule has 0 aliphatic rings. The molecule has 2 atom stereocenters. The first-order valence-electron chi connectivity index (χ1n) is 10.8. The van der Waals surface area contributed by atoms with Crippen molar-refractivity contribution in [3.05, 3.63) is 41.5 Å². The number of methoxy groups -OCH3 is 1. The average Bonchev–Trinajstić information content (AvgIpc) is 2.65. The van der Waals surface area contributed by atoms with Gasteiger partial charge in [-0.05, 0) is 61.1 Å². The Kier molecular flexibility index (Phi) is 11.7. The molecule has 1 N–H and O–H groups in total. The molecule has 1 aromatic carbocycles. The number of ether oxygens (including phenoxy) is 2. The van der Waals surface area contributed by atoms with Crippen LogP contribution in [0.4, 0.5) is 0 Å². The number of carbonyl (C=O) groups is 1. The molecule has 0 aliphatic carbocycles. The van der Waals surface area contributed by atoms with Gasteiger partial charge in [0.25, 0.3) is 0 Å². The van der Waals surface area contributed by atoms with Crippen LogP contribution >= 0.6 is 0 Å². The van der Waals surface area contributed by atoms with Gasteiger partial charge in [0.15, 0.2) is 0 Å². The lowest BCUT2D eigenvalue weighted by molar-refractivity contribution is -0.143. The van der Waals surface area contributed by atoms with E-state index >= 15 is 0 Å². The van der Waals surface area contributed by atoms with E-state index in [1.807, 2.05) is 19.9 Å². The van der Waals surface area contributed by atoms with E-state index in [0.29, 0.717) is 31.5 Å². The number of rotatable bonds is 14. The van der Waals surface area contributed by atoms with Crippen molar-refractivity contribution in [2.75, 3.05) is 20.3 Å². The van der Waals surface area contributed by atoms with Crippen molar-refractivity contribution >= 4 is 5.97 Å². The van der Waals surface area contributed by atoms with Crippen LogP contribution < -0.4 is 4.74 Å². The molecule has 0 saturated carbocycles. The first-order chi connectivity index (χ1) is 13.8. The second kappa shape index (κ2) is 13.4. The highest BCUT2D eigenvalue weighted by atomic mass is 16.5. The highest BCUT2D eigenvalue weighted by Gasteiger charge is 2.20. The van der Waals surface area contributed by atoms with Gasteiger partial charge in [0, 0.05) is 20.1 Å². The predicted molar refractivity (Wildman–Crippen MR) is 120 cm³/mol. The van der Waals surface area contributed by atoms with Crippen molar-refractivity contribution in [2.24, 2.45) is 23.7 Å². The van der Waals surface area contributed by atoms with Crippen molar-refractivity contribution in [1.29, 1.82) is 0 Å². The number of carboxylic acids is 1. The standard InChI is InChI=1S/C25H40O4/c1-18(2)22(10-7-8-11-23(19(3)4)25(26)27)16-21-13-12-20(5)24(17-21)29-15-9-14-28-6/h7-8,12-13,17-19,22-23H,9-11,14-16H2,1-6H3,(H,26,27)/b8-7+. The molecule has 1 rings (SSSR count). The molecule has 164 valence electrons. The van der Waals surface area contributed by atoms with E-state index in [1.165, 1.54) is 5.56 Å². The van der Waals surface area contributed by atoms with Crippen LogP contribution in [-0.2, 0) is 16.0 Å². The van der Waals surface area contributed by atoms with E-state index in [2.05, 4.69) is 45.0 Å². The maximum atomic E-state index is 11.3. The molecule has 0 aliphatic heterocycles. The summed E-state index contributed by atoms with van der Waals surface area (Å²) in [4.78, 5) is 11.3. The van der Waals surface area contributed by atoms with Gasteiger partial charge in [-0.25, -0.2) is 0 Å². The van der Waals surface area contributed by atoms with E-state index in [4.69, 9.17) is 9.47 Å². The van der Waals surface area contributed by atoms with E-state index in [0.717, 1.165) is 30.6 Å². The van der Waals surface area contributed by atoms with E-state index in [-0.39, 0.29) is 11.8 Å². The smallest absolute Gasteiger partial charge is 0.307 e. The zero-order chi connectivity index (χ0) is 21.8. The number of allylic oxidation sites excluding steroid dienone is 2. The van der Waals surface area contributed by atoms with E-state index in [9.17, 15) is 9.90 Å². The fraction of sp³-hybridized carbons (Fsp3) is 0.640. The molecule has 0 spiro atoms. The van der Waals surface area contributed by atoms with Gasteiger partial charge in [-0.1, -0.05) is 52.0 Å². The first-order valence-corrected chi connectivity index (χ1v) is 10.8. The van der Waals surface area contributed by atoms with Crippen molar-refractivity contribution in [3.63, 3.8) is 0 Å². The Balaban J connectivity index is 2.69. The van der Waals surface area contributed by atoms with E-state index in [1.54, 1.807) is 7.11 Å². The summed E-state index contributed by atoms with van der Waals surface area (Å²) < 4.78 is 11.0. The number of aryl methyl sites for hydroxylation is 1. The summed E-state index contributed by atoms with van der Waals surface area (Å²) in [5, 5.41) is 9.32. The Morgan fingerprint density at radius 1 is 1.07 bits per heavy atom. The fourth-order valence-electron chi connectivity index (χ4n) is 3.38. The third kappa shape index (κ3) is 9.49. The van der Waals surface area contributed by atoms with Crippen LogP contribution in [0.15, 0.2) is 30.4 Å². The summed E-state index contributed by atoms with van der Waals surface area (Å²) in [5.41, 5.74) is 2.44. The molecule has 2 unspecified atom stereocenters. The molecular formula is C25H40O4. The lowest BCUT2D eigenvalue weighted by Crippen LogP contribution is -2.18. The minimum absolute atomic E-state index is 0.146. The van der Waals surface area contributed by atoms with Gasteiger partial charge in [-0.15, -0.1) is 0 Å². The second-order valence-corrected chi connectivity index (χ2v) is 8.63. The fourth-order valence-corrected chi connectivity index (χ4v) is 3.38. The van der Waals surface area contributed by atoms with Crippen LogP contribution in [0, 0.1) is 30.6 Å². The van der Waals surface area contributed by atoms with Crippen LogP contribution in [-0.4, -0.2) is 31.4 Å².